The Balaban J connectivity index is 3.10. The highest BCUT2D eigenvalue weighted by molar-refractivity contribution is 5.91. The second-order valence-corrected chi connectivity index (χ2v) is 8.62. The van der Waals surface area contributed by atoms with Crippen LogP contribution in [0.1, 0.15) is 60.3 Å². The number of rotatable bonds is 10. The van der Waals surface area contributed by atoms with Crippen molar-refractivity contribution in [2.45, 2.75) is 89.5 Å². The van der Waals surface area contributed by atoms with Gasteiger partial charge in [-0.3, -0.25) is 14.4 Å². The Morgan fingerprint density at radius 2 is 1.65 bits per heavy atom. The molecule has 3 unspecified atom stereocenters. The van der Waals surface area contributed by atoms with E-state index in [9.17, 15) is 39.0 Å². The van der Waals surface area contributed by atoms with Crippen molar-refractivity contribution in [3.8, 4) is 0 Å². The van der Waals surface area contributed by atoms with E-state index in [0.717, 1.165) is 6.92 Å². The molecule has 192 valence electrons. The highest BCUT2D eigenvalue weighted by atomic mass is 16.8. The number of aliphatic hydroxyl groups is 2. The molecule has 1 heterocycles. The maximum atomic E-state index is 12.6. The normalized spacial score (nSPS) is 24.7. The van der Waals surface area contributed by atoms with Gasteiger partial charge in [0.15, 0.2) is 17.8 Å². The maximum absolute atomic E-state index is 12.6. The zero-order valence-electron chi connectivity index (χ0n) is 19.7. The molecule has 3 atom stereocenters. The Morgan fingerprint density at radius 1 is 1.09 bits per heavy atom. The van der Waals surface area contributed by atoms with Gasteiger partial charge < -0.3 is 38.7 Å². The molecule has 0 aromatic carbocycles. The van der Waals surface area contributed by atoms with Gasteiger partial charge in [-0.05, 0) is 27.7 Å². The summed E-state index contributed by atoms with van der Waals surface area (Å²) < 4.78 is 24.7. The molecule has 1 aliphatic heterocycles. The first-order chi connectivity index (χ1) is 15.5. The molecular weight excluding hydrogens is 460 g/mol. The standard InChI is InChI=1S/C21H30O13/c1-12(2)31-15(24)9-21(29,17(26)32-13(3)4)10-16(25)33-19(5)11-30-14(23)8-20(28,6-7-22)18(27)34-19/h7,12-13,28-29H,6,8-11H2,1-5H3. The van der Waals surface area contributed by atoms with Gasteiger partial charge in [0.25, 0.3) is 5.79 Å². The van der Waals surface area contributed by atoms with Crippen LogP contribution < -0.4 is 0 Å². The highest BCUT2D eigenvalue weighted by Crippen LogP contribution is 2.28. The lowest BCUT2D eigenvalue weighted by molar-refractivity contribution is -0.255. The Kier molecular flexibility index (Phi) is 9.70. The predicted octanol–water partition coefficient (Wildman–Crippen LogP) is -0.529. The van der Waals surface area contributed by atoms with E-state index in [2.05, 4.69) is 0 Å². The zero-order valence-corrected chi connectivity index (χ0v) is 19.7. The van der Waals surface area contributed by atoms with Crippen molar-refractivity contribution in [3.05, 3.63) is 0 Å². The summed E-state index contributed by atoms with van der Waals surface area (Å²) in [6, 6.07) is 0. The van der Waals surface area contributed by atoms with Gasteiger partial charge in [0.2, 0.25) is 0 Å². The van der Waals surface area contributed by atoms with Crippen LogP contribution >= 0.6 is 0 Å². The minimum atomic E-state index is -2.69. The largest absolute Gasteiger partial charge is 0.463 e. The van der Waals surface area contributed by atoms with Crippen LogP contribution in [0.25, 0.3) is 0 Å². The third kappa shape index (κ3) is 8.37. The van der Waals surface area contributed by atoms with E-state index in [-0.39, 0.29) is 6.29 Å². The number of hydrogen-bond acceptors (Lipinski definition) is 13. The summed E-state index contributed by atoms with van der Waals surface area (Å²) in [6.45, 7) is 6.26. The summed E-state index contributed by atoms with van der Waals surface area (Å²) in [5.74, 6) is -8.43. The van der Waals surface area contributed by atoms with Crippen molar-refractivity contribution < 1.29 is 62.7 Å². The van der Waals surface area contributed by atoms with Crippen molar-refractivity contribution in [2.24, 2.45) is 0 Å². The molecule has 1 aliphatic rings. The Morgan fingerprint density at radius 3 is 2.18 bits per heavy atom. The molecule has 0 amide bonds. The van der Waals surface area contributed by atoms with Crippen LogP contribution in [0.3, 0.4) is 0 Å². The molecule has 0 saturated carbocycles. The quantitative estimate of drug-likeness (QED) is 0.226. The third-order valence-corrected chi connectivity index (χ3v) is 4.33. The van der Waals surface area contributed by atoms with E-state index in [0.29, 0.717) is 0 Å². The molecule has 2 N–H and O–H groups in total. The van der Waals surface area contributed by atoms with Gasteiger partial charge in [-0.15, -0.1) is 0 Å². The molecular formula is C21H30O13. The molecule has 13 nitrogen and oxygen atoms in total. The highest BCUT2D eigenvalue weighted by Gasteiger charge is 2.50. The Labute approximate surface area is 195 Å². The lowest BCUT2D eigenvalue weighted by Crippen LogP contribution is -2.53. The number of aldehydes is 1. The monoisotopic (exact) mass is 490 g/mol. The summed E-state index contributed by atoms with van der Waals surface area (Å²) in [5.41, 5.74) is -5.24. The first kappa shape index (κ1) is 29.0. The van der Waals surface area contributed by atoms with Gasteiger partial charge in [-0.1, -0.05) is 0 Å². The van der Waals surface area contributed by atoms with Crippen molar-refractivity contribution >= 4 is 36.1 Å². The summed E-state index contributed by atoms with van der Waals surface area (Å²) in [4.78, 5) is 72.2. The molecule has 0 spiro atoms. The number of hydrogen-bond donors (Lipinski definition) is 2. The Bertz CT molecular complexity index is 819. The predicted molar refractivity (Wildman–Crippen MR) is 108 cm³/mol. The molecule has 34 heavy (non-hydrogen) atoms. The molecule has 1 saturated heterocycles. The number of carbonyl (C=O) groups excluding carboxylic acids is 6. The summed E-state index contributed by atoms with van der Waals surface area (Å²) in [5, 5.41) is 21.1. The molecule has 1 fully saturated rings. The topological polar surface area (TPSA) is 189 Å². The maximum Gasteiger partial charge on any atom is 0.342 e. The number of ether oxygens (including phenoxy) is 5. The number of cyclic esters (lactones) is 2. The fourth-order valence-electron chi connectivity index (χ4n) is 2.83. The van der Waals surface area contributed by atoms with Crippen LogP contribution in [0.4, 0.5) is 0 Å². The minimum Gasteiger partial charge on any atom is -0.463 e. The van der Waals surface area contributed by atoms with Crippen molar-refractivity contribution in [2.75, 3.05) is 6.61 Å². The smallest absolute Gasteiger partial charge is 0.342 e. The van der Waals surface area contributed by atoms with E-state index < -0.39 is 91.3 Å². The summed E-state index contributed by atoms with van der Waals surface area (Å²) in [7, 11) is 0. The number of esters is 5. The zero-order chi connectivity index (χ0) is 26.3. The molecule has 0 radical (unpaired) electrons. The fourth-order valence-corrected chi connectivity index (χ4v) is 2.83. The molecule has 0 bridgehead atoms. The second-order valence-electron chi connectivity index (χ2n) is 8.62. The van der Waals surface area contributed by atoms with E-state index in [1.165, 1.54) is 27.7 Å². The van der Waals surface area contributed by atoms with Crippen molar-refractivity contribution in [1.29, 1.82) is 0 Å². The first-order valence-electron chi connectivity index (χ1n) is 10.4. The molecule has 0 aliphatic carbocycles. The average molecular weight is 490 g/mol. The van der Waals surface area contributed by atoms with E-state index in [1.807, 2.05) is 0 Å². The Hall–Kier alpha value is -3.06. The van der Waals surface area contributed by atoms with Crippen LogP contribution in [0.2, 0.25) is 0 Å². The van der Waals surface area contributed by atoms with Crippen LogP contribution in [0.15, 0.2) is 0 Å². The van der Waals surface area contributed by atoms with Crippen LogP contribution in [0, 0.1) is 0 Å². The van der Waals surface area contributed by atoms with Crippen LogP contribution in [-0.2, 0) is 52.5 Å². The van der Waals surface area contributed by atoms with Gasteiger partial charge in [-0.2, -0.15) is 0 Å². The van der Waals surface area contributed by atoms with Crippen molar-refractivity contribution in [3.63, 3.8) is 0 Å². The van der Waals surface area contributed by atoms with Gasteiger partial charge in [-0.25, -0.2) is 9.59 Å². The summed E-state index contributed by atoms with van der Waals surface area (Å²) in [6.07, 6.45) is -4.80. The molecule has 13 heteroatoms. The summed E-state index contributed by atoms with van der Waals surface area (Å²) >= 11 is 0. The minimum absolute atomic E-state index is 0.191. The first-order valence-corrected chi connectivity index (χ1v) is 10.4. The van der Waals surface area contributed by atoms with Crippen LogP contribution in [-0.4, -0.2) is 82.1 Å². The van der Waals surface area contributed by atoms with Gasteiger partial charge >= 0.3 is 29.8 Å². The van der Waals surface area contributed by atoms with E-state index in [4.69, 9.17) is 23.7 Å². The lowest BCUT2D eigenvalue weighted by atomic mass is 9.95. The molecule has 1 rings (SSSR count). The van der Waals surface area contributed by atoms with Gasteiger partial charge in [0.05, 0.1) is 31.5 Å². The number of carbonyl (C=O) groups is 6. The van der Waals surface area contributed by atoms with E-state index >= 15 is 0 Å². The van der Waals surface area contributed by atoms with Gasteiger partial charge in [0.1, 0.15) is 6.29 Å². The van der Waals surface area contributed by atoms with Gasteiger partial charge in [0, 0.05) is 13.3 Å². The molecule has 0 aromatic heterocycles. The van der Waals surface area contributed by atoms with Crippen LogP contribution in [0.5, 0.6) is 0 Å². The second kappa shape index (κ2) is 11.4. The molecule has 0 aromatic rings. The SMILES string of the molecule is CC(C)OC(=O)CC(O)(CC(=O)OC1(C)COC(=O)CC(O)(CC=O)C(=O)O1)C(=O)OC(C)C. The van der Waals surface area contributed by atoms with E-state index in [1.54, 1.807) is 0 Å². The average Bonchev–Trinajstić information content (AvgIpc) is 2.64. The third-order valence-electron chi connectivity index (χ3n) is 4.33. The van der Waals surface area contributed by atoms with Crippen molar-refractivity contribution in [1.82, 2.24) is 0 Å². The fraction of sp³-hybridized carbons (Fsp3) is 0.714. The lowest BCUT2D eigenvalue weighted by Gasteiger charge is -2.35.